The Morgan fingerprint density at radius 1 is 1.27 bits per heavy atom. The number of aliphatic hydroxyl groups excluding tert-OH is 2. The van der Waals surface area contributed by atoms with E-state index in [9.17, 15) is 24.7 Å². The number of thioether (sulfide) groups is 1. The van der Waals surface area contributed by atoms with Gasteiger partial charge in [0, 0.05) is 12.3 Å². The van der Waals surface area contributed by atoms with Gasteiger partial charge in [-0.15, -0.1) is 0 Å². The number of carbonyl (C=O) groups is 1. The second-order valence-corrected chi connectivity index (χ2v) is 13.3. The predicted octanol–water partition coefficient (Wildman–Crippen LogP) is 1.63. The zero-order valence-corrected chi connectivity index (χ0v) is 24.6. The minimum absolute atomic E-state index is 0.104. The van der Waals surface area contributed by atoms with E-state index >= 15 is 0 Å². The van der Waals surface area contributed by atoms with Gasteiger partial charge in [-0.05, 0) is 26.3 Å². The van der Waals surface area contributed by atoms with Crippen molar-refractivity contribution in [3.63, 3.8) is 0 Å². The SMILES string of the molecule is CC(C)(CO)C(=O)SCCOP(=O)(NCc1ccccc1)OC[C@H]1O[C@@H](n2cnc3c(N)ncnc32)[C@](C)(O)[C@@H]1O. The lowest BCUT2D eigenvalue weighted by molar-refractivity contribution is -0.119. The van der Waals surface area contributed by atoms with Crippen LogP contribution >= 0.6 is 19.5 Å². The summed E-state index contributed by atoms with van der Waals surface area (Å²) in [4.78, 5) is 24.6. The van der Waals surface area contributed by atoms with Gasteiger partial charge in [-0.1, -0.05) is 42.1 Å². The molecule has 2 aromatic heterocycles. The van der Waals surface area contributed by atoms with Crippen LogP contribution in [0.15, 0.2) is 43.0 Å². The maximum Gasteiger partial charge on any atom is 0.405 e. The predicted molar refractivity (Wildman–Crippen MR) is 151 cm³/mol. The first-order valence-corrected chi connectivity index (χ1v) is 15.4. The number of rotatable bonds is 13. The summed E-state index contributed by atoms with van der Waals surface area (Å²) in [6.45, 7) is 3.99. The fraction of sp³-hybridized carbons (Fsp3) is 0.520. The van der Waals surface area contributed by atoms with Gasteiger partial charge in [0.15, 0.2) is 22.8 Å². The van der Waals surface area contributed by atoms with E-state index in [4.69, 9.17) is 19.5 Å². The van der Waals surface area contributed by atoms with Crippen LogP contribution in [0.1, 0.15) is 32.6 Å². The second kappa shape index (κ2) is 12.8. The molecular formula is C25H35N6O8PS. The zero-order chi connectivity index (χ0) is 29.8. The Kier molecular flexibility index (Phi) is 9.84. The van der Waals surface area contributed by atoms with Crippen molar-refractivity contribution in [2.24, 2.45) is 5.41 Å². The first kappa shape index (κ1) is 31.5. The van der Waals surface area contributed by atoms with Crippen LogP contribution in [0.4, 0.5) is 5.82 Å². The highest BCUT2D eigenvalue weighted by Gasteiger charge is 2.54. The maximum atomic E-state index is 13.7. The van der Waals surface area contributed by atoms with Crippen molar-refractivity contribution in [3.05, 3.63) is 48.5 Å². The minimum atomic E-state index is -3.99. The minimum Gasteiger partial charge on any atom is -0.395 e. The number of aromatic nitrogens is 4. The normalized spacial score (nSPS) is 24.5. The van der Waals surface area contributed by atoms with E-state index in [0.29, 0.717) is 11.2 Å². The number of hydrogen-bond donors (Lipinski definition) is 5. The number of fused-ring (bicyclic) bond motifs is 1. The molecule has 1 saturated heterocycles. The number of nitrogen functional groups attached to an aromatic ring is 1. The van der Waals surface area contributed by atoms with E-state index in [0.717, 1.165) is 17.3 Å². The molecule has 41 heavy (non-hydrogen) atoms. The zero-order valence-electron chi connectivity index (χ0n) is 22.9. The van der Waals surface area contributed by atoms with Crippen LogP contribution in [0.3, 0.4) is 0 Å². The molecule has 0 radical (unpaired) electrons. The fourth-order valence-electron chi connectivity index (χ4n) is 4.06. The van der Waals surface area contributed by atoms with Crippen LogP contribution < -0.4 is 10.8 Å². The molecule has 1 aliphatic rings. The summed E-state index contributed by atoms with van der Waals surface area (Å²) in [6.07, 6.45) is -1.06. The highest BCUT2D eigenvalue weighted by Crippen LogP contribution is 2.47. The molecule has 16 heteroatoms. The topological polar surface area (TPSA) is 204 Å². The number of imidazole rings is 1. The lowest BCUT2D eigenvalue weighted by Gasteiger charge is -2.27. The Hall–Kier alpha value is -2.46. The molecule has 14 nitrogen and oxygen atoms in total. The van der Waals surface area contributed by atoms with Crippen molar-refractivity contribution in [1.82, 2.24) is 24.6 Å². The van der Waals surface area contributed by atoms with Gasteiger partial charge in [0.2, 0.25) is 0 Å². The van der Waals surface area contributed by atoms with Gasteiger partial charge in [-0.2, -0.15) is 0 Å². The highest BCUT2D eigenvalue weighted by atomic mass is 32.2. The number of carbonyl (C=O) groups excluding carboxylic acids is 1. The Morgan fingerprint density at radius 2 is 2.00 bits per heavy atom. The summed E-state index contributed by atoms with van der Waals surface area (Å²) >= 11 is 0.953. The molecule has 0 amide bonds. The molecule has 224 valence electrons. The number of nitrogens with one attached hydrogen (secondary N) is 1. The Morgan fingerprint density at radius 3 is 2.71 bits per heavy atom. The molecule has 0 bridgehead atoms. The molecule has 4 rings (SSSR count). The van der Waals surface area contributed by atoms with Crippen molar-refractivity contribution in [2.45, 2.75) is 51.4 Å². The lowest BCUT2D eigenvalue weighted by Crippen LogP contribution is -2.44. The smallest absolute Gasteiger partial charge is 0.395 e. The third-order valence-corrected chi connectivity index (χ3v) is 9.39. The number of nitrogens with zero attached hydrogens (tertiary/aromatic N) is 4. The van der Waals surface area contributed by atoms with Gasteiger partial charge in [0.05, 0.1) is 31.6 Å². The fourth-order valence-corrected chi connectivity index (χ4v) is 6.29. The molecule has 1 aromatic carbocycles. The van der Waals surface area contributed by atoms with Gasteiger partial charge in [-0.3, -0.25) is 18.4 Å². The van der Waals surface area contributed by atoms with E-state index in [1.165, 1.54) is 24.1 Å². The molecule has 6 N–H and O–H groups in total. The number of hydrogen-bond acceptors (Lipinski definition) is 13. The van der Waals surface area contributed by atoms with Crippen LogP contribution in [0.5, 0.6) is 0 Å². The number of anilines is 1. The largest absolute Gasteiger partial charge is 0.405 e. The van der Waals surface area contributed by atoms with Crippen molar-refractivity contribution >= 4 is 41.6 Å². The first-order chi connectivity index (χ1) is 19.4. The Balaban J connectivity index is 1.44. The van der Waals surface area contributed by atoms with Gasteiger partial charge in [-0.25, -0.2) is 24.6 Å². The van der Waals surface area contributed by atoms with E-state index in [1.807, 2.05) is 30.3 Å². The van der Waals surface area contributed by atoms with E-state index in [-0.39, 0.29) is 36.4 Å². The number of ether oxygens (including phenoxy) is 1. The van der Waals surface area contributed by atoms with Crippen molar-refractivity contribution in [3.8, 4) is 0 Å². The van der Waals surface area contributed by atoms with Gasteiger partial charge in [0.25, 0.3) is 0 Å². The molecule has 1 unspecified atom stereocenters. The maximum absolute atomic E-state index is 13.7. The van der Waals surface area contributed by atoms with Crippen LogP contribution in [0.2, 0.25) is 0 Å². The first-order valence-electron chi connectivity index (χ1n) is 12.8. The molecule has 5 atom stereocenters. The Labute approximate surface area is 241 Å². The summed E-state index contributed by atoms with van der Waals surface area (Å²) in [5.74, 6) is 0.315. The summed E-state index contributed by atoms with van der Waals surface area (Å²) in [5.41, 5.74) is 4.57. The highest BCUT2D eigenvalue weighted by molar-refractivity contribution is 8.13. The summed E-state index contributed by atoms with van der Waals surface area (Å²) in [7, 11) is -3.99. The quantitative estimate of drug-likeness (QED) is 0.138. The van der Waals surface area contributed by atoms with Crippen LogP contribution in [0, 0.1) is 5.41 Å². The number of aliphatic hydroxyl groups is 3. The second-order valence-electron chi connectivity index (χ2n) is 10.4. The number of benzene rings is 1. The standard InChI is InChI=1S/C25H35N6O8PS/c1-24(2,13-32)23(34)41-10-9-37-40(36,30-11-16-7-5-4-6-8-16)38-12-17-19(33)25(3,35)22(39-17)31-15-29-18-20(26)27-14-28-21(18)31/h4-8,14-15,17,19,22,32-33,35H,9-13H2,1-3H3,(H,30,36)(H2,26,27,28)/t17-,19-,22-,25-,40?/m1/s1. The average Bonchev–Trinajstić information content (AvgIpc) is 3.48. The van der Waals surface area contributed by atoms with E-state index in [1.54, 1.807) is 13.8 Å². The van der Waals surface area contributed by atoms with Crippen molar-refractivity contribution < 1.29 is 38.5 Å². The van der Waals surface area contributed by atoms with Crippen molar-refractivity contribution in [1.29, 1.82) is 0 Å². The lowest BCUT2D eigenvalue weighted by atomic mass is 9.96. The average molecular weight is 611 g/mol. The molecular weight excluding hydrogens is 575 g/mol. The monoisotopic (exact) mass is 610 g/mol. The van der Waals surface area contributed by atoms with E-state index in [2.05, 4.69) is 20.0 Å². The van der Waals surface area contributed by atoms with Crippen LogP contribution in [0.25, 0.3) is 11.2 Å². The Bertz CT molecular complexity index is 1390. The summed E-state index contributed by atoms with van der Waals surface area (Å²) in [6, 6.07) is 9.18. The third kappa shape index (κ3) is 7.13. The van der Waals surface area contributed by atoms with Crippen LogP contribution in [-0.2, 0) is 29.7 Å². The molecule has 0 spiro atoms. The summed E-state index contributed by atoms with van der Waals surface area (Å²) < 4.78 is 32.4. The third-order valence-electron chi connectivity index (χ3n) is 6.65. The number of nitrogens with two attached hydrogens (primary N) is 1. The molecule has 1 fully saturated rings. The van der Waals surface area contributed by atoms with Gasteiger partial charge >= 0.3 is 7.75 Å². The van der Waals surface area contributed by atoms with Crippen molar-refractivity contribution in [2.75, 3.05) is 31.3 Å². The van der Waals surface area contributed by atoms with Gasteiger partial charge < -0.3 is 25.8 Å². The summed E-state index contributed by atoms with van der Waals surface area (Å²) in [5, 5.41) is 34.1. The molecule has 1 aliphatic heterocycles. The van der Waals surface area contributed by atoms with E-state index < -0.39 is 43.8 Å². The van der Waals surface area contributed by atoms with Gasteiger partial charge in [0.1, 0.15) is 29.7 Å². The molecule has 3 heterocycles. The molecule has 0 aliphatic carbocycles. The molecule has 0 saturated carbocycles. The van der Waals surface area contributed by atoms with Crippen LogP contribution in [-0.4, -0.2) is 83.3 Å². The molecule has 3 aromatic rings.